The van der Waals surface area contributed by atoms with E-state index in [1.54, 1.807) is 6.42 Å². The van der Waals surface area contributed by atoms with Gasteiger partial charge in [-0.05, 0) is 56.4 Å². The van der Waals surface area contributed by atoms with Crippen LogP contribution in [0.25, 0.3) is 0 Å². The van der Waals surface area contributed by atoms with Crippen LogP contribution in [0.3, 0.4) is 0 Å². The molecule has 0 aromatic carbocycles. The number of nitrogens with one attached hydrogen (secondary N) is 1. The fraction of sp³-hybridized carbons (Fsp3) is 0.867. The number of rotatable bonds is 6. The van der Waals surface area contributed by atoms with Crippen LogP contribution in [0, 0.1) is 17.8 Å². The second-order valence-electron chi connectivity index (χ2n) is 6.04. The highest BCUT2D eigenvalue weighted by atomic mass is 14.9. The monoisotopic (exact) mass is 221 g/mol. The van der Waals surface area contributed by atoms with Gasteiger partial charge >= 0.3 is 0 Å². The molecule has 0 radical (unpaired) electrons. The van der Waals surface area contributed by atoms with E-state index in [0.717, 1.165) is 24.3 Å². The molecule has 0 aromatic heterocycles. The molecule has 3 unspecified atom stereocenters. The third-order valence-electron chi connectivity index (χ3n) is 4.35. The van der Waals surface area contributed by atoms with Gasteiger partial charge in [-0.25, -0.2) is 0 Å². The first-order chi connectivity index (χ1) is 7.75. The fourth-order valence-electron chi connectivity index (χ4n) is 3.51. The molecular formula is C15H27N. The molecule has 3 atom stereocenters. The quantitative estimate of drug-likeness (QED) is 0.532. The van der Waals surface area contributed by atoms with E-state index in [1.165, 1.54) is 32.1 Å². The van der Waals surface area contributed by atoms with Crippen molar-refractivity contribution in [3.63, 3.8) is 0 Å². The van der Waals surface area contributed by atoms with E-state index in [4.69, 9.17) is 0 Å². The number of hydrogen-bond donors (Lipinski definition) is 1. The van der Waals surface area contributed by atoms with Gasteiger partial charge in [-0.3, -0.25) is 0 Å². The van der Waals surface area contributed by atoms with Gasteiger partial charge < -0.3 is 5.32 Å². The van der Waals surface area contributed by atoms with Crippen molar-refractivity contribution in [1.29, 1.82) is 0 Å². The molecule has 2 aliphatic rings. The first-order valence-corrected chi connectivity index (χ1v) is 7.14. The lowest BCUT2D eigenvalue weighted by molar-refractivity contribution is 0.336. The molecule has 0 amide bonds. The third-order valence-corrected chi connectivity index (χ3v) is 4.35. The second-order valence-corrected chi connectivity index (χ2v) is 6.04. The predicted molar refractivity (Wildman–Crippen MR) is 70.5 cm³/mol. The molecule has 2 saturated carbocycles. The van der Waals surface area contributed by atoms with Crippen LogP contribution in [0.2, 0.25) is 0 Å². The van der Waals surface area contributed by atoms with Crippen molar-refractivity contribution in [2.75, 3.05) is 6.54 Å². The van der Waals surface area contributed by atoms with Gasteiger partial charge in [-0.2, -0.15) is 0 Å². The summed E-state index contributed by atoms with van der Waals surface area (Å²) in [6, 6.07) is 0.624. The van der Waals surface area contributed by atoms with E-state index < -0.39 is 0 Å². The van der Waals surface area contributed by atoms with Crippen molar-refractivity contribution < 1.29 is 0 Å². The van der Waals surface area contributed by atoms with E-state index in [1.807, 2.05) is 0 Å². The topological polar surface area (TPSA) is 12.0 Å². The van der Waals surface area contributed by atoms with Crippen molar-refractivity contribution in [3.8, 4) is 0 Å². The lowest BCUT2D eigenvalue weighted by Crippen LogP contribution is -2.23. The molecule has 1 nitrogen and oxygen atoms in total. The molecule has 0 saturated heterocycles. The van der Waals surface area contributed by atoms with Crippen LogP contribution in [0.5, 0.6) is 0 Å². The van der Waals surface area contributed by atoms with E-state index in [2.05, 4.69) is 31.3 Å². The molecule has 0 heterocycles. The van der Waals surface area contributed by atoms with Gasteiger partial charge in [0.2, 0.25) is 0 Å². The number of allylic oxidation sites excluding steroid dienone is 1. The zero-order chi connectivity index (χ0) is 11.4. The maximum absolute atomic E-state index is 3.45. The SMILES string of the molecule is CC(C)NCCC=CCC1CC2CCC1C2. The van der Waals surface area contributed by atoms with E-state index in [-0.39, 0.29) is 0 Å². The zero-order valence-corrected chi connectivity index (χ0v) is 10.9. The summed E-state index contributed by atoms with van der Waals surface area (Å²) in [5.74, 6) is 3.22. The molecule has 92 valence electrons. The summed E-state index contributed by atoms with van der Waals surface area (Å²) in [6.07, 6.45) is 13.5. The maximum atomic E-state index is 3.45. The smallest absolute Gasteiger partial charge is 0.00105 e. The van der Waals surface area contributed by atoms with Crippen LogP contribution in [0.15, 0.2) is 12.2 Å². The van der Waals surface area contributed by atoms with Gasteiger partial charge in [0.05, 0.1) is 0 Å². The van der Waals surface area contributed by atoms with Crippen LogP contribution >= 0.6 is 0 Å². The van der Waals surface area contributed by atoms with Crippen LogP contribution in [0.1, 0.15) is 52.4 Å². The Hall–Kier alpha value is -0.300. The Bertz CT molecular complexity index is 232. The summed E-state index contributed by atoms with van der Waals surface area (Å²) >= 11 is 0. The van der Waals surface area contributed by atoms with Crippen LogP contribution < -0.4 is 5.32 Å². The Morgan fingerprint density at radius 1 is 1.19 bits per heavy atom. The van der Waals surface area contributed by atoms with Gasteiger partial charge in [0, 0.05) is 6.04 Å². The fourth-order valence-corrected chi connectivity index (χ4v) is 3.51. The molecule has 0 aliphatic heterocycles. The molecule has 16 heavy (non-hydrogen) atoms. The van der Waals surface area contributed by atoms with E-state index in [0.29, 0.717) is 6.04 Å². The maximum Gasteiger partial charge on any atom is 0.00105 e. The highest BCUT2D eigenvalue weighted by molar-refractivity contribution is 4.94. The lowest BCUT2D eigenvalue weighted by atomic mass is 9.86. The van der Waals surface area contributed by atoms with Crippen molar-refractivity contribution in [3.05, 3.63) is 12.2 Å². The Balaban J connectivity index is 1.55. The normalized spacial score (nSPS) is 33.3. The van der Waals surface area contributed by atoms with Crippen molar-refractivity contribution >= 4 is 0 Å². The van der Waals surface area contributed by atoms with Gasteiger partial charge in [0.15, 0.2) is 0 Å². The summed E-state index contributed by atoms with van der Waals surface area (Å²) in [5.41, 5.74) is 0. The molecule has 1 heteroatoms. The average Bonchev–Trinajstić information content (AvgIpc) is 2.84. The predicted octanol–water partition coefficient (Wildman–Crippen LogP) is 3.76. The van der Waals surface area contributed by atoms with Gasteiger partial charge in [-0.15, -0.1) is 0 Å². The Labute approximate surface area is 101 Å². The lowest BCUT2D eigenvalue weighted by Gasteiger charge is -2.19. The summed E-state index contributed by atoms with van der Waals surface area (Å²) in [7, 11) is 0. The molecule has 2 bridgehead atoms. The minimum absolute atomic E-state index is 0.624. The molecule has 2 rings (SSSR count). The largest absolute Gasteiger partial charge is 0.314 e. The van der Waals surface area contributed by atoms with Crippen LogP contribution in [-0.4, -0.2) is 12.6 Å². The minimum atomic E-state index is 0.624. The molecule has 0 aromatic rings. The summed E-state index contributed by atoms with van der Waals surface area (Å²) in [5, 5.41) is 3.45. The van der Waals surface area contributed by atoms with Gasteiger partial charge in [0.1, 0.15) is 0 Å². The average molecular weight is 221 g/mol. The molecular weight excluding hydrogens is 194 g/mol. The molecule has 1 N–H and O–H groups in total. The third kappa shape index (κ3) is 3.35. The second kappa shape index (κ2) is 5.86. The Morgan fingerprint density at radius 2 is 2.06 bits per heavy atom. The highest BCUT2D eigenvalue weighted by Crippen LogP contribution is 2.49. The molecule has 0 spiro atoms. The van der Waals surface area contributed by atoms with E-state index in [9.17, 15) is 0 Å². The highest BCUT2D eigenvalue weighted by Gasteiger charge is 2.38. The molecule has 2 aliphatic carbocycles. The summed E-state index contributed by atoms with van der Waals surface area (Å²) in [4.78, 5) is 0. The zero-order valence-electron chi connectivity index (χ0n) is 10.9. The van der Waals surface area contributed by atoms with Crippen LogP contribution in [-0.2, 0) is 0 Å². The minimum Gasteiger partial charge on any atom is -0.314 e. The van der Waals surface area contributed by atoms with Crippen molar-refractivity contribution in [2.24, 2.45) is 17.8 Å². The first-order valence-electron chi connectivity index (χ1n) is 7.14. The number of fused-ring (bicyclic) bond motifs is 2. The van der Waals surface area contributed by atoms with Gasteiger partial charge in [-0.1, -0.05) is 32.4 Å². The molecule has 2 fully saturated rings. The Morgan fingerprint density at radius 3 is 2.69 bits per heavy atom. The Kier molecular flexibility index (Phi) is 4.45. The number of hydrogen-bond acceptors (Lipinski definition) is 1. The summed E-state index contributed by atoms with van der Waals surface area (Å²) < 4.78 is 0. The van der Waals surface area contributed by atoms with Crippen molar-refractivity contribution in [1.82, 2.24) is 5.32 Å². The van der Waals surface area contributed by atoms with Gasteiger partial charge in [0.25, 0.3) is 0 Å². The summed E-state index contributed by atoms with van der Waals surface area (Å²) in [6.45, 7) is 5.54. The first kappa shape index (κ1) is 12.2. The standard InChI is InChI=1S/C15H27N/c1-12(2)16-9-5-3-4-6-14-10-13-7-8-15(14)11-13/h3-4,12-16H,5-11H2,1-2H3. The van der Waals surface area contributed by atoms with E-state index >= 15 is 0 Å². The van der Waals surface area contributed by atoms with Crippen LogP contribution in [0.4, 0.5) is 0 Å². The van der Waals surface area contributed by atoms with Crippen molar-refractivity contribution in [2.45, 2.75) is 58.4 Å².